The van der Waals surface area contributed by atoms with Crippen LogP contribution in [0.1, 0.15) is 25.0 Å². The molecule has 0 fully saturated rings. The van der Waals surface area contributed by atoms with Gasteiger partial charge in [-0.15, -0.1) is 0 Å². The maximum Gasteiger partial charge on any atom is 0.335 e. The largest absolute Gasteiger partial charge is 0.335 e. The molecule has 0 aliphatic heterocycles. The van der Waals surface area contributed by atoms with Gasteiger partial charge in [0.05, 0.1) is 31.3 Å². The highest BCUT2D eigenvalue weighted by Crippen LogP contribution is 2.51. The van der Waals surface area contributed by atoms with E-state index in [2.05, 4.69) is 26.3 Å². The van der Waals surface area contributed by atoms with E-state index in [0.29, 0.717) is 18.9 Å². The van der Waals surface area contributed by atoms with Crippen LogP contribution < -0.4 is 5.32 Å². The van der Waals surface area contributed by atoms with Gasteiger partial charge < -0.3 is 14.4 Å². The Bertz CT molecular complexity index is 1150. The zero-order valence-corrected chi connectivity index (χ0v) is 21.3. The molecule has 9 heteroatoms. The minimum Gasteiger partial charge on any atom is -0.323 e. The monoisotopic (exact) mass is 531 g/mol. The van der Waals surface area contributed by atoms with Crippen molar-refractivity contribution in [2.75, 3.05) is 18.5 Å². The Morgan fingerprint density at radius 2 is 1.73 bits per heavy atom. The summed E-state index contributed by atoms with van der Waals surface area (Å²) >= 11 is 3.44. The summed E-state index contributed by atoms with van der Waals surface area (Å²) in [7, 11) is -1.30. The first-order valence-corrected chi connectivity index (χ1v) is 13.1. The predicted octanol–water partition coefficient (Wildman–Crippen LogP) is 6.27. The van der Waals surface area contributed by atoms with Crippen LogP contribution in [0.2, 0.25) is 0 Å². The van der Waals surface area contributed by atoms with Crippen LogP contribution in [0.5, 0.6) is 0 Å². The number of halogens is 1. The number of carbonyl (C=O) groups excluding carboxylic acids is 1. The molecule has 0 saturated carbocycles. The summed E-state index contributed by atoms with van der Waals surface area (Å²) in [6, 6.07) is 15.1. The zero-order chi connectivity index (χ0) is 23.8. The Morgan fingerprint density at radius 3 is 2.33 bits per heavy atom. The molecule has 0 saturated heterocycles. The summed E-state index contributed by atoms with van der Waals surface area (Å²) in [6.45, 7) is 4.20. The van der Waals surface area contributed by atoms with Crippen molar-refractivity contribution in [2.24, 2.45) is 7.05 Å². The molecule has 174 valence electrons. The number of aryl methyl sites for hydroxylation is 1. The highest BCUT2D eigenvalue weighted by Gasteiger charge is 2.23. The molecule has 0 spiro atoms. The normalized spacial score (nSPS) is 11.8. The fourth-order valence-corrected chi connectivity index (χ4v) is 5.29. The summed E-state index contributed by atoms with van der Waals surface area (Å²) < 4.78 is 26.1. The number of hydrogen-bond acceptors (Lipinski definition) is 5. The first kappa shape index (κ1) is 25.1. The maximum atomic E-state index is 12.7. The molecule has 0 aliphatic rings. The van der Waals surface area contributed by atoms with Crippen molar-refractivity contribution < 1.29 is 18.4 Å². The molecule has 3 rings (SSSR count). The van der Waals surface area contributed by atoms with Gasteiger partial charge in [0, 0.05) is 34.4 Å². The van der Waals surface area contributed by atoms with E-state index in [1.54, 1.807) is 55.1 Å². The Labute approximate surface area is 202 Å². The SMILES string of the molecule is CCOP(=O)(Cc1ccc(NC(=O)C=Cc2cnn(C)c2-c2ccc(Br)cc2)cc1)OCC. The number of nitrogens with one attached hydrogen (secondary N) is 1. The Balaban J connectivity index is 1.66. The van der Waals surface area contributed by atoms with Crippen LogP contribution in [0, 0.1) is 0 Å². The Hall–Kier alpha value is -2.51. The highest BCUT2D eigenvalue weighted by molar-refractivity contribution is 9.10. The zero-order valence-electron chi connectivity index (χ0n) is 18.8. The molecule has 0 aliphatic carbocycles. The lowest BCUT2D eigenvalue weighted by Gasteiger charge is -2.17. The molecular weight excluding hydrogens is 505 g/mol. The average molecular weight is 532 g/mol. The third-order valence-electron chi connectivity index (χ3n) is 4.75. The lowest BCUT2D eigenvalue weighted by molar-refractivity contribution is -0.111. The molecule has 2 aromatic carbocycles. The van der Waals surface area contributed by atoms with E-state index < -0.39 is 7.60 Å². The molecule has 0 unspecified atom stereocenters. The summed E-state index contributed by atoms with van der Waals surface area (Å²) in [5.74, 6) is -0.261. The summed E-state index contributed by atoms with van der Waals surface area (Å²) in [6.07, 6.45) is 5.13. The fourth-order valence-electron chi connectivity index (χ4n) is 3.33. The van der Waals surface area contributed by atoms with E-state index in [0.717, 1.165) is 26.9 Å². The molecule has 3 aromatic rings. The van der Waals surface area contributed by atoms with Crippen molar-refractivity contribution in [3.8, 4) is 11.3 Å². The van der Waals surface area contributed by atoms with Gasteiger partial charge >= 0.3 is 7.60 Å². The number of benzene rings is 2. The number of amides is 1. The van der Waals surface area contributed by atoms with Crippen LogP contribution >= 0.6 is 23.5 Å². The number of nitrogens with zero attached hydrogens (tertiary/aromatic N) is 2. The first-order chi connectivity index (χ1) is 15.8. The summed E-state index contributed by atoms with van der Waals surface area (Å²) in [4.78, 5) is 12.5. The van der Waals surface area contributed by atoms with Gasteiger partial charge in [-0.1, -0.05) is 40.2 Å². The minimum atomic E-state index is -3.17. The Kier molecular flexibility index (Phi) is 8.80. The maximum absolute atomic E-state index is 12.7. The standard InChI is InChI=1S/C24H27BrN3O4P/c1-4-31-33(30,32-5-2)17-18-6-13-22(14-7-18)27-23(29)15-10-20-16-26-28(3)24(20)19-8-11-21(25)12-9-19/h6-16H,4-5,17H2,1-3H3,(H,27,29). The molecule has 1 N–H and O–H groups in total. The van der Waals surface area contributed by atoms with Crippen molar-refractivity contribution in [1.29, 1.82) is 0 Å². The number of anilines is 1. The van der Waals surface area contributed by atoms with Gasteiger partial charge in [0.25, 0.3) is 0 Å². The van der Waals surface area contributed by atoms with Gasteiger partial charge in [-0.3, -0.25) is 14.0 Å². The Morgan fingerprint density at radius 1 is 1.09 bits per heavy atom. The third kappa shape index (κ3) is 6.98. The van der Waals surface area contributed by atoms with Crippen molar-refractivity contribution in [2.45, 2.75) is 20.0 Å². The predicted molar refractivity (Wildman–Crippen MR) is 135 cm³/mol. The summed E-state index contributed by atoms with van der Waals surface area (Å²) in [5, 5.41) is 7.16. The van der Waals surface area contributed by atoms with Crippen LogP contribution in [0.15, 0.2) is 65.3 Å². The molecule has 1 heterocycles. The molecular formula is C24H27BrN3O4P. The van der Waals surface area contributed by atoms with Crippen LogP contribution in [-0.2, 0) is 31.6 Å². The lowest BCUT2D eigenvalue weighted by Crippen LogP contribution is -2.07. The van der Waals surface area contributed by atoms with Crippen LogP contribution in [-0.4, -0.2) is 28.9 Å². The molecule has 1 amide bonds. The van der Waals surface area contributed by atoms with Crippen LogP contribution in [0.25, 0.3) is 17.3 Å². The van der Waals surface area contributed by atoms with E-state index in [-0.39, 0.29) is 12.1 Å². The van der Waals surface area contributed by atoms with Crippen LogP contribution in [0.4, 0.5) is 5.69 Å². The van der Waals surface area contributed by atoms with Gasteiger partial charge in [0.15, 0.2) is 0 Å². The van der Waals surface area contributed by atoms with Gasteiger partial charge in [0.2, 0.25) is 5.91 Å². The first-order valence-electron chi connectivity index (χ1n) is 10.6. The smallest absolute Gasteiger partial charge is 0.323 e. The number of rotatable bonds is 10. The van der Waals surface area contributed by atoms with Gasteiger partial charge in [0.1, 0.15) is 0 Å². The van der Waals surface area contributed by atoms with Crippen molar-refractivity contribution >= 4 is 41.2 Å². The number of aromatic nitrogens is 2. The van der Waals surface area contributed by atoms with E-state index >= 15 is 0 Å². The molecule has 0 bridgehead atoms. The molecule has 1 aromatic heterocycles. The van der Waals surface area contributed by atoms with E-state index in [9.17, 15) is 9.36 Å². The third-order valence-corrected chi connectivity index (χ3v) is 7.33. The van der Waals surface area contributed by atoms with Crippen molar-refractivity contribution in [1.82, 2.24) is 9.78 Å². The molecule has 0 radical (unpaired) electrons. The van der Waals surface area contributed by atoms with Crippen molar-refractivity contribution in [3.05, 3.63) is 76.4 Å². The second-order valence-corrected chi connectivity index (χ2v) is 10.2. The second kappa shape index (κ2) is 11.6. The van der Waals surface area contributed by atoms with Crippen LogP contribution in [0.3, 0.4) is 0 Å². The summed E-state index contributed by atoms with van der Waals surface area (Å²) in [5.41, 5.74) is 4.21. The van der Waals surface area contributed by atoms with Gasteiger partial charge in [-0.25, -0.2) is 0 Å². The average Bonchev–Trinajstić information content (AvgIpc) is 3.15. The lowest BCUT2D eigenvalue weighted by atomic mass is 10.1. The van der Waals surface area contributed by atoms with E-state index in [4.69, 9.17) is 9.05 Å². The molecule has 0 atom stereocenters. The quantitative estimate of drug-likeness (QED) is 0.246. The minimum absolute atomic E-state index is 0.183. The van der Waals surface area contributed by atoms with E-state index in [1.807, 2.05) is 31.3 Å². The van der Waals surface area contributed by atoms with Crippen molar-refractivity contribution in [3.63, 3.8) is 0 Å². The molecule has 7 nitrogen and oxygen atoms in total. The van der Waals surface area contributed by atoms with E-state index in [1.165, 1.54) is 6.08 Å². The molecule has 33 heavy (non-hydrogen) atoms. The van der Waals surface area contributed by atoms with Gasteiger partial charge in [-0.2, -0.15) is 5.10 Å². The van der Waals surface area contributed by atoms with Gasteiger partial charge in [-0.05, 0) is 49.8 Å². The fraction of sp³-hybridized carbons (Fsp3) is 0.250. The highest BCUT2D eigenvalue weighted by atomic mass is 79.9. The number of hydrogen-bond donors (Lipinski definition) is 1. The second-order valence-electron chi connectivity index (χ2n) is 7.20. The number of carbonyl (C=O) groups is 1. The topological polar surface area (TPSA) is 82.5 Å².